The van der Waals surface area contributed by atoms with E-state index < -0.39 is 6.17 Å². The molecule has 7 nitrogen and oxygen atoms in total. The van der Waals surface area contributed by atoms with Crippen LogP contribution in [-0.2, 0) is 17.0 Å². The molecule has 0 spiro atoms. The van der Waals surface area contributed by atoms with E-state index in [2.05, 4.69) is 10.5 Å². The number of benzene rings is 1. The van der Waals surface area contributed by atoms with Crippen LogP contribution >= 0.6 is 11.8 Å². The van der Waals surface area contributed by atoms with Crippen LogP contribution in [0.4, 0.5) is 5.69 Å². The van der Waals surface area contributed by atoms with E-state index in [4.69, 9.17) is 4.52 Å². The highest BCUT2D eigenvalue weighted by molar-refractivity contribution is 7.98. The molecular weight excluding hydrogens is 352 g/mol. The molecule has 2 aromatic rings. The molecule has 0 aliphatic carbocycles. The Morgan fingerprint density at radius 2 is 2.23 bits per heavy atom. The number of para-hydroxylation sites is 1. The number of nitrogens with zero attached hydrogens (tertiary/aromatic N) is 3. The number of amides is 2. The van der Waals surface area contributed by atoms with Gasteiger partial charge in [-0.15, -0.1) is 0 Å². The van der Waals surface area contributed by atoms with Crippen molar-refractivity contribution in [2.75, 3.05) is 31.3 Å². The highest BCUT2D eigenvalue weighted by Crippen LogP contribution is 2.40. The molecule has 2 aliphatic heterocycles. The van der Waals surface area contributed by atoms with E-state index >= 15 is 0 Å². The fourth-order valence-corrected chi connectivity index (χ4v) is 4.52. The summed E-state index contributed by atoms with van der Waals surface area (Å²) in [6, 6.07) is 7.36. The molecule has 0 fully saturated rings. The standard InChI is InChI=1S/C18H20N4O3S/c1-19-15(23)9-22-13-6-4-3-5-11(13)18(24)21(2)17(22)16-12-10-26-8-7-14(12)25-20-16/h3-6,17H,7-10H2,1-2H3,(H,19,23). The van der Waals surface area contributed by atoms with Crippen molar-refractivity contribution < 1.29 is 14.1 Å². The maximum Gasteiger partial charge on any atom is 0.257 e. The van der Waals surface area contributed by atoms with Gasteiger partial charge in [0, 0.05) is 37.6 Å². The Balaban J connectivity index is 1.84. The molecule has 8 heteroatoms. The normalized spacial score (nSPS) is 19.2. The van der Waals surface area contributed by atoms with Gasteiger partial charge in [-0.3, -0.25) is 9.59 Å². The third kappa shape index (κ3) is 2.65. The third-order valence-electron chi connectivity index (χ3n) is 4.88. The topological polar surface area (TPSA) is 78.7 Å². The second kappa shape index (κ2) is 6.68. The van der Waals surface area contributed by atoms with Crippen molar-refractivity contribution >= 4 is 29.3 Å². The Bertz CT molecular complexity index is 866. The fourth-order valence-electron chi connectivity index (χ4n) is 3.53. The van der Waals surface area contributed by atoms with E-state index in [-0.39, 0.29) is 18.4 Å². The van der Waals surface area contributed by atoms with Crippen molar-refractivity contribution in [2.45, 2.75) is 18.3 Å². The van der Waals surface area contributed by atoms with Crippen LogP contribution in [0.5, 0.6) is 0 Å². The minimum absolute atomic E-state index is 0.0843. The first-order valence-corrected chi connectivity index (χ1v) is 9.65. The number of anilines is 1. The first-order chi connectivity index (χ1) is 12.6. The Kier molecular flexibility index (Phi) is 4.36. The number of likely N-dealkylation sites (N-methyl/N-ethyl adjacent to an activating group) is 1. The molecule has 0 radical (unpaired) electrons. The predicted molar refractivity (Wildman–Crippen MR) is 99.1 cm³/mol. The molecule has 1 unspecified atom stereocenters. The lowest BCUT2D eigenvalue weighted by atomic mass is 10.0. The summed E-state index contributed by atoms with van der Waals surface area (Å²) in [7, 11) is 3.35. The highest BCUT2D eigenvalue weighted by atomic mass is 32.2. The maximum absolute atomic E-state index is 12.9. The Morgan fingerprint density at radius 1 is 1.42 bits per heavy atom. The van der Waals surface area contributed by atoms with Gasteiger partial charge in [0.1, 0.15) is 11.5 Å². The number of thioether (sulfide) groups is 1. The Morgan fingerprint density at radius 3 is 3.04 bits per heavy atom. The minimum Gasteiger partial charge on any atom is -0.361 e. The van der Waals surface area contributed by atoms with Gasteiger partial charge < -0.3 is 19.6 Å². The van der Waals surface area contributed by atoms with Gasteiger partial charge in [0.25, 0.3) is 5.91 Å². The smallest absolute Gasteiger partial charge is 0.257 e. The summed E-state index contributed by atoms with van der Waals surface area (Å²) in [6.45, 7) is 0.130. The van der Waals surface area contributed by atoms with Gasteiger partial charge >= 0.3 is 0 Å². The minimum atomic E-state index is -0.471. The zero-order chi connectivity index (χ0) is 18.3. The van der Waals surface area contributed by atoms with E-state index in [9.17, 15) is 9.59 Å². The molecule has 1 aromatic carbocycles. The van der Waals surface area contributed by atoms with Crippen molar-refractivity contribution in [1.29, 1.82) is 0 Å². The number of aryl methyl sites for hydroxylation is 1. The van der Waals surface area contributed by atoms with E-state index in [1.54, 1.807) is 25.1 Å². The molecule has 0 bridgehead atoms. The molecule has 3 heterocycles. The zero-order valence-corrected chi connectivity index (χ0v) is 15.5. The van der Waals surface area contributed by atoms with Gasteiger partial charge in [0.05, 0.1) is 17.8 Å². The average molecular weight is 372 g/mol. The quantitative estimate of drug-likeness (QED) is 0.885. The summed E-state index contributed by atoms with van der Waals surface area (Å²) in [5.41, 5.74) is 3.10. The van der Waals surface area contributed by atoms with Gasteiger partial charge in [-0.05, 0) is 12.1 Å². The Labute approximate surface area is 155 Å². The number of hydrogen-bond donors (Lipinski definition) is 1. The average Bonchev–Trinajstić information content (AvgIpc) is 3.10. The molecular formula is C18H20N4O3S. The number of nitrogens with one attached hydrogen (secondary N) is 1. The molecule has 136 valence electrons. The molecule has 26 heavy (non-hydrogen) atoms. The number of fused-ring (bicyclic) bond motifs is 2. The fraction of sp³-hybridized carbons (Fsp3) is 0.389. The lowest BCUT2D eigenvalue weighted by Crippen LogP contribution is -2.50. The van der Waals surface area contributed by atoms with Crippen LogP contribution in [0.1, 0.15) is 33.5 Å². The first-order valence-electron chi connectivity index (χ1n) is 8.50. The van der Waals surface area contributed by atoms with Crippen LogP contribution < -0.4 is 10.2 Å². The van der Waals surface area contributed by atoms with Crippen molar-refractivity contribution in [2.24, 2.45) is 0 Å². The summed E-state index contributed by atoms with van der Waals surface area (Å²) < 4.78 is 5.56. The molecule has 2 aliphatic rings. The summed E-state index contributed by atoms with van der Waals surface area (Å²) in [6.07, 6.45) is 0.365. The zero-order valence-electron chi connectivity index (χ0n) is 14.7. The van der Waals surface area contributed by atoms with Crippen LogP contribution in [0.25, 0.3) is 0 Å². The van der Waals surface area contributed by atoms with E-state index in [1.807, 2.05) is 34.9 Å². The summed E-state index contributed by atoms with van der Waals surface area (Å²) in [4.78, 5) is 28.7. The molecule has 1 atom stereocenters. The third-order valence-corrected chi connectivity index (χ3v) is 5.87. The number of carbonyl (C=O) groups is 2. The Hall–Kier alpha value is -2.48. The molecule has 1 aromatic heterocycles. The molecule has 0 saturated heterocycles. The maximum atomic E-state index is 12.9. The lowest BCUT2D eigenvalue weighted by Gasteiger charge is -2.43. The largest absolute Gasteiger partial charge is 0.361 e. The van der Waals surface area contributed by atoms with Crippen molar-refractivity contribution in [3.63, 3.8) is 0 Å². The van der Waals surface area contributed by atoms with E-state index in [0.29, 0.717) is 5.56 Å². The molecule has 1 N–H and O–H groups in total. The second-order valence-electron chi connectivity index (χ2n) is 6.38. The first kappa shape index (κ1) is 17.0. The van der Waals surface area contributed by atoms with Gasteiger partial charge in [0.2, 0.25) is 5.91 Å². The summed E-state index contributed by atoms with van der Waals surface area (Å²) >= 11 is 1.83. The van der Waals surface area contributed by atoms with Crippen LogP contribution in [0.3, 0.4) is 0 Å². The van der Waals surface area contributed by atoms with Crippen LogP contribution in [0, 0.1) is 0 Å². The van der Waals surface area contributed by atoms with Gasteiger partial charge in [-0.25, -0.2) is 0 Å². The molecule has 4 rings (SSSR count). The van der Waals surface area contributed by atoms with Crippen LogP contribution in [0.2, 0.25) is 0 Å². The number of rotatable bonds is 3. The van der Waals surface area contributed by atoms with Crippen molar-refractivity contribution in [3.8, 4) is 0 Å². The SMILES string of the molecule is CNC(=O)CN1c2ccccc2C(=O)N(C)C1c1noc2c1CSCC2. The highest BCUT2D eigenvalue weighted by Gasteiger charge is 2.40. The summed E-state index contributed by atoms with van der Waals surface area (Å²) in [5, 5.41) is 6.97. The number of carbonyl (C=O) groups excluding carboxylic acids is 2. The van der Waals surface area contributed by atoms with Gasteiger partial charge in [-0.2, -0.15) is 11.8 Å². The van der Waals surface area contributed by atoms with Crippen LogP contribution in [0.15, 0.2) is 28.8 Å². The number of hydrogen-bond acceptors (Lipinski definition) is 6. The van der Waals surface area contributed by atoms with Crippen LogP contribution in [-0.4, -0.2) is 48.3 Å². The lowest BCUT2D eigenvalue weighted by molar-refractivity contribution is -0.119. The molecule has 0 saturated carbocycles. The van der Waals surface area contributed by atoms with E-state index in [0.717, 1.165) is 40.6 Å². The predicted octanol–water partition coefficient (Wildman–Crippen LogP) is 1.80. The van der Waals surface area contributed by atoms with Crippen molar-refractivity contribution in [1.82, 2.24) is 15.4 Å². The summed E-state index contributed by atoms with van der Waals surface area (Å²) in [5.74, 6) is 2.49. The van der Waals surface area contributed by atoms with Crippen molar-refractivity contribution in [3.05, 3.63) is 46.8 Å². The van der Waals surface area contributed by atoms with Gasteiger partial charge in [-0.1, -0.05) is 17.3 Å². The monoisotopic (exact) mass is 372 g/mol. The second-order valence-corrected chi connectivity index (χ2v) is 7.49. The molecule has 2 amide bonds. The van der Waals surface area contributed by atoms with E-state index in [1.165, 1.54) is 0 Å². The van der Waals surface area contributed by atoms with Gasteiger partial charge in [0.15, 0.2) is 6.17 Å². The number of aromatic nitrogens is 1.